The van der Waals surface area contributed by atoms with Crippen molar-refractivity contribution in [3.05, 3.63) is 36.6 Å². The van der Waals surface area contributed by atoms with Crippen molar-refractivity contribution in [3.8, 4) is 0 Å². The van der Waals surface area contributed by atoms with Crippen molar-refractivity contribution in [1.29, 1.82) is 0 Å². The summed E-state index contributed by atoms with van der Waals surface area (Å²) in [6.07, 6.45) is 15.6. The van der Waals surface area contributed by atoms with Gasteiger partial charge in [-0.15, -0.1) is 0 Å². The van der Waals surface area contributed by atoms with Crippen LogP contribution in [0.2, 0.25) is 0 Å². The Hall–Kier alpha value is -1.64. The molecule has 1 heterocycles. The van der Waals surface area contributed by atoms with Gasteiger partial charge in [0, 0.05) is 18.8 Å². The van der Waals surface area contributed by atoms with Crippen molar-refractivity contribution in [2.24, 2.45) is 5.10 Å². The van der Waals surface area contributed by atoms with Gasteiger partial charge in [0.15, 0.2) is 5.78 Å². The highest BCUT2D eigenvalue weighted by atomic mass is 16.1. The smallest absolute Gasteiger partial charge is 0.155 e. The Labute approximate surface area is 83.9 Å². The van der Waals surface area contributed by atoms with E-state index in [1.54, 1.807) is 18.5 Å². The third-order valence-corrected chi connectivity index (χ3v) is 1.73. The van der Waals surface area contributed by atoms with E-state index < -0.39 is 0 Å². The van der Waals surface area contributed by atoms with Crippen LogP contribution < -0.4 is 5.43 Å². The Balaban J connectivity index is 0.000000140. The van der Waals surface area contributed by atoms with Gasteiger partial charge in [0.05, 0.1) is 0 Å². The zero-order chi connectivity index (χ0) is 10.1. The maximum Gasteiger partial charge on any atom is 0.155 e. The van der Waals surface area contributed by atoms with Crippen molar-refractivity contribution in [3.63, 3.8) is 0 Å². The number of hydrogen-bond acceptors (Lipinski definition) is 3. The van der Waals surface area contributed by atoms with E-state index in [1.807, 2.05) is 24.3 Å². The predicted molar refractivity (Wildman–Crippen MR) is 57.9 cm³/mol. The molecule has 0 saturated heterocycles. The average Bonchev–Trinajstić information content (AvgIpc) is 2.51. The van der Waals surface area contributed by atoms with E-state index in [9.17, 15) is 4.79 Å². The van der Waals surface area contributed by atoms with Crippen LogP contribution in [0.3, 0.4) is 0 Å². The summed E-state index contributed by atoms with van der Waals surface area (Å²) >= 11 is 0. The fraction of sp³-hybridized carbons (Fsp3) is 0.273. The van der Waals surface area contributed by atoms with E-state index >= 15 is 0 Å². The molecule has 3 heteroatoms. The first-order valence-electron chi connectivity index (χ1n) is 4.69. The molecular formula is C11H14N2O. The van der Waals surface area contributed by atoms with Crippen molar-refractivity contribution in [2.45, 2.75) is 19.3 Å². The summed E-state index contributed by atoms with van der Waals surface area (Å²) in [5.41, 5.74) is 2.67. The van der Waals surface area contributed by atoms with Crippen molar-refractivity contribution < 1.29 is 4.79 Å². The van der Waals surface area contributed by atoms with Gasteiger partial charge in [0.2, 0.25) is 0 Å². The predicted octanol–water partition coefficient (Wildman–Crippen LogP) is 1.94. The molecule has 0 amide bonds. The lowest BCUT2D eigenvalue weighted by Crippen LogP contribution is -1.95. The molecule has 0 atom stereocenters. The minimum atomic E-state index is 0.284. The van der Waals surface area contributed by atoms with E-state index in [4.69, 9.17) is 0 Å². The first-order chi connectivity index (χ1) is 6.89. The molecule has 2 rings (SSSR count). The fourth-order valence-electron chi connectivity index (χ4n) is 1.03. The number of hydrogen-bond donors (Lipinski definition) is 1. The SMILES string of the molecule is C1=CC=NNC=C1.O=C1C=CCCC1. The topological polar surface area (TPSA) is 41.5 Å². The Kier molecular flexibility index (Phi) is 5.09. The zero-order valence-corrected chi connectivity index (χ0v) is 8.02. The molecule has 1 aliphatic heterocycles. The first-order valence-corrected chi connectivity index (χ1v) is 4.69. The van der Waals surface area contributed by atoms with Gasteiger partial charge in [-0.3, -0.25) is 10.2 Å². The third kappa shape index (κ3) is 5.09. The molecule has 0 bridgehead atoms. The average molecular weight is 190 g/mol. The van der Waals surface area contributed by atoms with Gasteiger partial charge in [-0.2, -0.15) is 5.10 Å². The van der Waals surface area contributed by atoms with Crippen LogP contribution in [0.4, 0.5) is 0 Å². The number of hydrazone groups is 1. The molecular weight excluding hydrogens is 176 g/mol. The summed E-state index contributed by atoms with van der Waals surface area (Å²) in [7, 11) is 0. The highest BCUT2D eigenvalue weighted by molar-refractivity contribution is 5.90. The van der Waals surface area contributed by atoms with E-state index in [1.165, 1.54) is 0 Å². The van der Waals surface area contributed by atoms with Gasteiger partial charge in [-0.1, -0.05) is 12.2 Å². The summed E-state index contributed by atoms with van der Waals surface area (Å²) in [4.78, 5) is 10.4. The van der Waals surface area contributed by atoms with E-state index in [2.05, 4.69) is 10.5 Å². The lowest BCUT2D eigenvalue weighted by Gasteiger charge is -1.97. The molecule has 0 radical (unpaired) electrons. The van der Waals surface area contributed by atoms with Crippen molar-refractivity contribution in [1.82, 2.24) is 5.43 Å². The van der Waals surface area contributed by atoms with Crippen LogP contribution in [-0.4, -0.2) is 12.0 Å². The second kappa shape index (κ2) is 6.83. The minimum absolute atomic E-state index is 0.284. The molecule has 0 aromatic heterocycles. The van der Waals surface area contributed by atoms with Crippen molar-refractivity contribution >= 4 is 12.0 Å². The normalized spacial score (nSPS) is 18.1. The zero-order valence-electron chi connectivity index (χ0n) is 8.02. The third-order valence-electron chi connectivity index (χ3n) is 1.73. The van der Waals surface area contributed by atoms with Crippen molar-refractivity contribution in [2.75, 3.05) is 0 Å². The summed E-state index contributed by atoms with van der Waals surface area (Å²) in [5, 5.41) is 3.72. The number of rotatable bonds is 0. The van der Waals surface area contributed by atoms with Gasteiger partial charge in [0.1, 0.15) is 0 Å². The Morgan fingerprint density at radius 1 is 1.29 bits per heavy atom. The second-order valence-electron chi connectivity index (χ2n) is 2.91. The van der Waals surface area contributed by atoms with Crippen LogP contribution >= 0.6 is 0 Å². The molecule has 1 N–H and O–H groups in total. The monoisotopic (exact) mass is 190 g/mol. The molecule has 0 unspecified atom stereocenters. The van der Waals surface area contributed by atoms with Gasteiger partial charge >= 0.3 is 0 Å². The standard InChI is InChI=1S/C6H8O.C5H6N2/c7-6-4-2-1-3-5-6;1-2-4-6-7-5-3-1/h2,4H,1,3,5H2;1-6H. The Morgan fingerprint density at radius 3 is 2.86 bits per heavy atom. The first kappa shape index (κ1) is 10.4. The van der Waals surface area contributed by atoms with Crippen LogP contribution in [0.1, 0.15) is 19.3 Å². The highest BCUT2D eigenvalue weighted by Gasteiger charge is 1.98. The molecule has 3 nitrogen and oxygen atoms in total. The minimum Gasteiger partial charge on any atom is -0.295 e. The molecule has 0 fully saturated rings. The van der Waals surface area contributed by atoms with Gasteiger partial charge in [-0.25, -0.2) is 0 Å². The highest BCUT2D eigenvalue weighted by Crippen LogP contribution is 2.04. The van der Waals surface area contributed by atoms with E-state index in [0.717, 1.165) is 19.3 Å². The molecule has 14 heavy (non-hydrogen) atoms. The van der Waals surface area contributed by atoms with Crippen LogP contribution in [0.15, 0.2) is 41.7 Å². The molecule has 2 aliphatic rings. The largest absolute Gasteiger partial charge is 0.295 e. The number of carbonyl (C=O) groups excluding carboxylic acids is 1. The molecule has 0 aromatic carbocycles. The lowest BCUT2D eigenvalue weighted by molar-refractivity contribution is -0.114. The number of nitrogens with zero attached hydrogens (tertiary/aromatic N) is 1. The summed E-state index contributed by atoms with van der Waals surface area (Å²) in [6.45, 7) is 0. The van der Waals surface area contributed by atoms with E-state index in [0.29, 0.717) is 0 Å². The Morgan fingerprint density at radius 2 is 2.21 bits per heavy atom. The summed E-state index contributed by atoms with van der Waals surface area (Å²) in [5.74, 6) is 0.284. The number of allylic oxidation sites excluding steroid dienone is 5. The molecule has 74 valence electrons. The molecule has 0 aromatic rings. The van der Waals surface area contributed by atoms with Crippen LogP contribution in [-0.2, 0) is 4.79 Å². The molecule has 0 spiro atoms. The number of nitrogens with one attached hydrogen (secondary N) is 1. The van der Waals surface area contributed by atoms with Gasteiger partial charge < -0.3 is 0 Å². The van der Waals surface area contributed by atoms with Crippen LogP contribution in [0.5, 0.6) is 0 Å². The Bertz CT molecular complexity index is 274. The molecule has 0 saturated carbocycles. The number of ketones is 1. The lowest BCUT2D eigenvalue weighted by atomic mass is 10.1. The fourth-order valence-corrected chi connectivity index (χ4v) is 1.03. The number of carbonyl (C=O) groups is 1. The van der Waals surface area contributed by atoms with Gasteiger partial charge in [-0.05, 0) is 31.1 Å². The second-order valence-corrected chi connectivity index (χ2v) is 2.91. The van der Waals surface area contributed by atoms with Crippen LogP contribution in [0, 0.1) is 0 Å². The summed E-state index contributed by atoms with van der Waals surface area (Å²) in [6, 6.07) is 0. The maximum absolute atomic E-state index is 10.4. The van der Waals surface area contributed by atoms with E-state index in [-0.39, 0.29) is 5.78 Å². The van der Waals surface area contributed by atoms with Gasteiger partial charge in [0.25, 0.3) is 0 Å². The quantitative estimate of drug-likeness (QED) is 0.634. The summed E-state index contributed by atoms with van der Waals surface area (Å²) < 4.78 is 0. The maximum atomic E-state index is 10.4. The van der Waals surface area contributed by atoms with Crippen LogP contribution in [0.25, 0.3) is 0 Å². The molecule has 1 aliphatic carbocycles.